The van der Waals surface area contributed by atoms with Crippen LogP contribution in [-0.2, 0) is 35.2 Å². The Labute approximate surface area is 270 Å². The van der Waals surface area contributed by atoms with E-state index in [-0.39, 0.29) is 44.4 Å². The fraction of sp³-hybridized carbons (Fsp3) is 0.586. The monoisotopic (exact) mass is 669 g/mol. The topological polar surface area (TPSA) is 228 Å². The van der Waals surface area contributed by atoms with Gasteiger partial charge >= 0.3 is 11.9 Å². The van der Waals surface area contributed by atoms with E-state index in [0.29, 0.717) is 29.9 Å². The maximum absolute atomic E-state index is 13.8. The van der Waals surface area contributed by atoms with E-state index in [1.54, 1.807) is 12.1 Å². The number of carbonyl (C=O) groups is 6. The van der Waals surface area contributed by atoms with E-state index < -0.39 is 65.8 Å². The largest absolute Gasteiger partial charge is 0.508 e. The summed E-state index contributed by atoms with van der Waals surface area (Å²) in [7, 11) is 0. The molecular formula is C29H43N5O9S2. The predicted octanol–water partition coefficient (Wildman–Crippen LogP) is 0.163. The van der Waals surface area contributed by atoms with Gasteiger partial charge in [0.05, 0.1) is 6.04 Å². The number of rotatable bonds is 19. The fourth-order valence-electron chi connectivity index (χ4n) is 4.80. The van der Waals surface area contributed by atoms with Crippen LogP contribution in [0.2, 0.25) is 0 Å². The van der Waals surface area contributed by atoms with Gasteiger partial charge in [0.15, 0.2) is 0 Å². The Morgan fingerprint density at radius 1 is 0.889 bits per heavy atom. The van der Waals surface area contributed by atoms with Crippen LogP contribution in [0.15, 0.2) is 24.3 Å². The average molecular weight is 670 g/mol. The number of benzene rings is 1. The zero-order chi connectivity index (χ0) is 33.5. The van der Waals surface area contributed by atoms with E-state index in [1.807, 2.05) is 12.5 Å². The number of nitrogens with two attached hydrogens (primary N) is 1. The molecule has 1 aliphatic rings. The number of hydrogen-bond donors (Lipinski definition) is 7. The molecule has 1 heterocycles. The third-order valence-corrected chi connectivity index (χ3v) is 8.59. The summed E-state index contributed by atoms with van der Waals surface area (Å²) >= 11 is 2.90. The SMILES string of the molecule is CSCC[C@H](NC(=O)[C@@H]1CCCN1C(=O)[C@H](CCSC)NC(=O)[C@H](Cc1ccc(O)cc1)NC(=O)[C@@H](N)CCC(=O)O)C(=O)O. The summed E-state index contributed by atoms with van der Waals surface area (Å²) in [5.41, 5.74) is 6.46. The Morgan fingerprint density at radius 2 is 1.49 bits per heavy atom. The number of carboxylic acids is 2. The Bertz CT molecular complexity index is 1190. The third kappa shape index (κ3) is 12.4. The van der Waals surface area contributed by atoms with Gasteiger partial charge in [0.1, 0.15) is 29.9 Å². The second-order valence-corrected chi connectivity index (χ2v) is 12.7. The van der Waals surface area contributed by atoms with E-state index in [1.165, 1.54) is 40.6 Å². The van der Waals surface area contributed by atoms with E-state index in [0.717, 1.165) is 0 Å². The van der Waals surface area contributed by atoms with Gasteiger partial charge in [0.25, 0.3) is 0 Å². The first-order chi connectivity index (χ1) is 21.4. The summed E-state index contributed by atoms with van der Waals surface area (Å²) in [6.45, 7) is 0.247. The first-order valence-corrected chi connectivity index (χ1v) is 17.3. The molecule has 0 aromatic heterocycles. The summed E-state index contributed by atoms with van der Waals surface area (Å²) in [4.78, 5) is 77.4. The highest BCUT2D eigenvalue weighted by molar-refractivity contribution is 7.98. The third-order valence-electron chi connectivity index (χ3n) is 7.30. The van der Waals surface area contributed by atoms with Crippen LogP contribution < -0.4 is 21.7 Å². The van der Waals surface area contributed by atoms with Crippen LogP contribution in [0.5, 0.6) is 5.75 Å². The molecule has 1 aliphatic heterocycles. The van der Waals surface area contributed by atoms with Crippen molar-refractivity contribution in [3.8, 4) is 5.75 Å². The molecule has 0 unspecified atom stereocenters. The number of nitrogens with zero attached hydrogens (tertiary/aromatic N) is 1. The van der Waals surface area contributed by atoms with Gasteiger partial charge in [-0.05, 0) is 73.8 Å². The predicted molar refractivity (Wildman–Crippen MR) is 171 cm³/mol. The molecular weight excluding hydrogens is 626 g/mol. The van der Waals surface area contributed by atoms with Crippen LogP contribution in [0.4, 0.5) is 0 Å². The molecule has 2 rings (SSSR count). The minimum absolute atomic E-state index is 0.00494. The second kappa shape index (κ2) is 19.1. The standard InChI is InChI=1S/C29H43N5O9S2/c1-44-14-11-20(28(41)34-13-3-4-23(34)27(40)32-21(29(42)43)12-15-45-2)31-26(39)22(16-17-5-7-18(35)8-6-17)33-25(38)19(30)9-10-24(36)37/h5-8,19-23,35H,3-4,9-16,30H2,1-2H3,(H,31,39)(H,32,40)(H,33,38)(H,36,37)(H,42,43)/t19-,20-,21-,22-,23-/m0/s1. The van der Waals surface area contributed by atoms with Gasteiger partial charge in [0, 0.05) is 19.4 Å². The van der Waals surface area contributed by atoms with Crippen molar-refractivity contribution in [1.29, 1.82) is 0 Å². The van der Waals surface area contributed by atoms with Crippen LogP contribution in [0.1, 0.15) is 44.1 Å². The number of phenols is 1. The molecule has 16 heteroatoms. The Kier molecular flexibility index (Phi) is 16.0. The lowest BCUT2D eigenvalue weighted by molar-refractivity contribution is -0.145. The van der Waals surface area contributed by atoms with E-state index in [2.05, 4.69) is 16.0 Å². The first-order valence-electron chi connectivity index (χ1n) is 14.5. The summed E-state index contributed by atoms with van der Waals surface area (Å²) in [5.74, 6) is -3.77. The van der Waals surface area contributed by atoms with E-state index >= 15 is 0 Å². The van der Waals surface area contributed by atoms with Crippen molar-refractivity contribution in [3.63, 3.8) is 0 Å². The van der Waals surface area contributed by atoms with Crippen LogP contribution >= 0.6 is 23.5 Å². The molecule has 1 fully saturated rings. The zero-order valence-corrected chi connectivity index (χ0v) is 27.0. The minimum Gasteiger partial charge on any atom is -0.508 e. The number of carbonyl (C=O) groups excluding carboxylic acids is 4. The van der Waals surface area contributed by atoms with Crippen molar-refractivity contribution in [2.75, 3.05) is 30.6 Å². The molecule has 5 atom stereocenters. The molecule has 45 heavy (non-hydrogen) atoms. The molecule has 1 saturated heterocycles. The van der Waals surface area contributed by atoms with Crippen molar-refractivity contribution >= 4 is 59.1 Å². The zero-order valence-electron chi connectivity index (χ0n) is 25.4. The summed E-state index contributed by atoms with van der Waals surface area (Å²) in [5, 5.41) is 36.0. The normalized spacial score (nSPS) is 17.0. The van der Waals surface area contributed by atoms with Crippen LogP contribution in [-0.4, -0.2) is 117 Å². The number of hydrogen-bond acceptors (Lipinski definition) is 10. The van der Waals surface area contributed by atoms with Crippen molar-refractivity contribution in [1.82, 2.24) is 20.9 Å². The average Bonchev–Trinajstić information content (AvgIpc) is 3.50. The van der Waals surface area contributed by atoms with Crippen LogP contribution in [0.3, 0.4) is 0 Å². The number of carboxylic acid groups (broad SMARTS) is 2. The van der Waals surface area contributed by atoms with Crippen molar-refractivity contribution < 1.29 is 44.1 Å². The highest BCUT2D eigenvalue weighted by atomic mass is 32.2. The lowest BCUT2D eigenvalue weighted by atomic mass is 10.0. The number of nitrogens with one attached hydrogen (secondary N) is 3. The number of aliphatic carboxylic acids is 2. The van der Waals surface area contributed by atoms with Crippen molar-refractivity contribution in [2.45, 2.75) is 75.2 Å². The van der Waals surface area contributed by atoms with Gasteiger partial charge < -0.3 is 41.9 Å². The van der Waals surface area contributed by atoms with Gasteiger partial charge in [-0.1, -0.05) is 12.1 Å². The Hall–Kier alpha value is -3.50. The summed E-state index contributed by atoms with van der Waals surface area (Å²) in [6, 6.07) is 0.535. The lowest BCUT2D eigenvalue weighted by Crippen LogP contribution is -2.58. The Balaban J connectivity index is 2.25. The van der Waals surface area contributed by atoms with Gasteiger partial charge in [-0.15, -0.1) is 0 Å². The number of thioether (sulfide) groups is 2. The number of phenolic OH excluding ortho intramolecular Hbond substituents is 1. The molecule has 1 aromatic carbocycles. The van der Waals surface area contributed by atoms with Crippen molar-refractivity contribution in [3.05, 3.63) is 29.8 Å². The summed E-state index contributed by atoms with van der Waals surface area (Å²) in [6.07, 6.45) is 4.45. The minimum atomic E-state index is -1.20. The number of aromatic hydroxyl groups is 1. The van der Waals surface area contributed by atoms with Crippen LogP contribution in [0.25, 0.3) is 0 Å². The molecule has 250 valence electrons. The van der Waals surface area contributed by atoms with Gasteiger partial charge in [-0.3, -0.25) is 24.0 Å². The lowest BCUT2D eigenvalue weighted by Gasteiger charge is -2.30. The van der Waals surface area contributed by atoms with E-state index in [9.17, 15) is 39.0 Å². The smallest absolute Gasteiger partial charge is 0.326 e. The van der Waals surface area contributed by atoms with Gasteiger partial charge in [0.2, 0.25) is 23.6 Å². The molecule has 0 saturated carbocycles. The quantitative estimate of drug-likeness (QED) is 0.105. The molecule has 0 aliphatic carbocycles. The molecule has 0 spiro atoms. The van der Waals surface area contributed by atoms with Gasteiger partial charge in [-0.25, -0.2) is 4.79 Å². The Morgan fingerprint density at radius 3 is 2.07 bits per heavy atom. The maximum atomic E-state index is 13.8. The maximum Gasteiger partial charge on any atom is 0.326 e. The second-order valence-electron chi connectivity index (χ2n) is 10.7. The highest BCUT2D eigenvalue weighted by Crippen LogP contribution is 2.21. The number of amides is 4. The fourth-order valence-corrected chi connectivity index (χ4v) is 5.74. The molecule has 0 bridgehead atoms. The molecule has 1 aromatic rings. The number of likely N-dealkylation sites (tertiary alicyclic amines) is 1. The first kappa shape index (κ1) is 37.7. The molecule has 8 N–H and O–H groups in total. The molecule has 0 radical (unpaired) electrons. The molecule has 4 amide bonds. The van der Waals surface area contributed by atoms with E-state index in [4.69, 9.17) is 10.8 Å². The van der Waals surface area contributed by atoms with Gasteiger partial charge in [-0.2, -0.15) is 23.5 Å². The van der Waals surface area contributed by atoms with Crippen molar-refractivity contribution in [2.24, 2.45) is 5.73 Å². The summed E-state index contributed by atoms with van der Waals surface area (Å²) < 4.78 is 0. The highest BCUT2D eigenvalue weighted by Gasteiger charge is 2.39. The molecule has 14 nitrogen and oxygen atoms in total. The van der Waals surface area contributed by atoms with Crippen LogP contribution in [0, 0.1) is 0 Å².